The predicted molar refractivity (Wildman–Crippen MR) is 96.4 cm³/mol. The van der Waals surface area contributed by atoms with Gasteiger partial charge < -0.3 is 14.5 Å². The zero-order valence-corrected chi connectivity index (χ0v) is 17.2. The minimum Gasteiger partial charge on any atom is -0.543 e. The summed E-state index contributed by atoms with van der Waals surface area (Å²) in [4.78, 5) is 15.7. The van der Waals surface area contributed by atoms with Crippen LogP contribution in [0.25, 0.3) is 21.8 Å². The van der Waals surface area contributed by atoms with Crippen LogP contribution in [0.15, 0.2) is 54.6 Å². The Morgan fingerprint density at radius 3 is 2.48 bits per heavy atom. The van der Waals surface area contributed by atoms with Gasteiger partial charge in [0, 0.05) is 22.8 Å². The Hall–Kier alpha value is -2.21. The van der Waals surface area contributed by atoms with Crippen molar-refractivity contribution < 1.29 is 43.8 Å². The first-order valence-electron chi connectivity index (χ1n) is 8.45. The fraction of sp³-hybridized carbons (Fsp3) is 0.143. The van der Waals surface area contributed by atoms with Gasteiger partial charge in [-0.2, -0.15) is 0 Å². The normalized spacial score (nSPS) is 10.9. The SMILES string of the molecule is CCc1nc(C(=O)[O-])cc2c3ccccc3n(Cc3ccc(F)cc3)c12.[Na+]. The number of nitrogens with zero attached hydrogens (tertiary/aromatic N) is 2. The second-order valence-electron chi connectivity index (χ2n) is 6.22. The van der Waals surface area contributed by atoms with Crippen LogP contribution in [-0.2, 0) is 13.0 Å². The molecule has 0 amide bonds. The molecular formula is C21H16FN2NaO2. The van der Waals surface area contributed by atoms with Gasteiger partial charge in [0.25, 0.3) is 0 Å². The van der Waals surface area contributed by atoms with E-state index in [0.29, 0.717) is 18.7 Å². The maximum atomic E-state index is 13.2. The van der Waals surface area contributed by atoms with Gasteiger partial charge in [0.15, 0.2) is 0 Å². The number of benzene rings is 2. The van der Waals surface area contributed by atoms with Gasteiger partial charge in [-0.15, -0.1) is 0 Å². The monoisotopic (exact) mass is 370 g/mol. The Morgan fingerprint density at radius 1 is 1.11 bits per heavy atom. The summed E-state index contributed by atoms with van der Waals surface area (Å²) in [5, 5.41) is 13.2. The van der Waals surface area contributed by atoms with Gasteiger partial charge in [-0.25, -0.2) is 9.37 Å². The van der Waals surface area contributed by atoms with E-state index in [2.05, 4.69) is 9.55 Å². The fourth-order valence-corrected chi connectivity index (χ4v) is 3.44. The zero-order chi connectivity index (χ0) is 18.3. The molecule has 0 atom stereocenters. The summed E-state index contributed by atoms with van der Waals surface area (Å²) < 4.78 is 15.3. The molecule has 0 radical (unpaired) electrons. The summed E-state index contributed by atoms with van der Waals surface area (Å²) in [6, 6.07) is 15.8. The third-order valence-electron chi connectivity index (χ3n) is 4.62. The summed E-state index contributed by atoms with van der Waals surface area (Å²) in [6.07, 6.45) is 0.595. The molecule has 0 N–H and O–H groups in total. The second-order valence-corrected chi connectivity index (χ2v) is 6.22. The van der Waals surface area contributed by atoms with Crippen molar-refractivity contribution in [3.05, 3.63) is 77.4 Å². The van der Waals surface area contributed by atoms with Crippen LogP contribution in [0.2, 0.25) is 0 Å². The molecule has 2 aromatic carbocycles. The number of pyridine rings is 1. The van der Waals surface area contributed by atoms with E-state index in [0.717, 1.165) is 27.4 Å². The summed E-state index contributed by atoms with van der Waals surface area (Å²) in [5.41, 5.74) is 3.50. The van der Waals surface area contributed by atoms with Crippen LogP contribution in [0.1, 0.15) is 28.7 Å². The molecule has 27 heavy (non-hydrogen) atoms. The average molecular weight is 370 g/mol. The molecule has 0 bridgehead atoms. The van der Waals surface area contributed by atoms with E-state index in [1.54, 1.807) is 18.2 Å². The van der Waals surface area contributed by atoms with Gasteiger partial charge in [-0.1, -0.05) is 37.3 Å². The molecule has 0 aliphatic heterocycles. The number of carboxylic acid groups (broad SMARTS) is 1. The maximum Gasteiger partial charge on any atom is 1.00 e. The average Bonchev–Trinajstić information content (AvgIpc) is 2.97. The minimum atomic E-state index is -1.28. The number of carboxylic acids is 1. The molecule has 0 saturated carbocycles. The van der Waals surface area contributed by atoms with E-state index < -0.39 is 5.97 Å². The standard InChI is InChI=1S/C21H17FN2O2.Na/c1-2-17-20-16(11-18(23-17)21(25)26)15-5-3-4-6-19(15)24(20)12-13-7-9-14(22)10-8-13;/h3-11H,2,12H2,1H3,(H,25,26);/q;+1/p-1. The summed E-state index contributed by atoms with van der Waals surface area (Å²) >= 11 is 0. The summed E-state index contributed by atoms with van der Waals surface area (Å²) in [7, 11) is 0. The molecule has 4 rings (SSSR count). The predicted octanol–water partition coefficient (Wildman–Crippen LogP) is 0.307. The van der Waals surface area contributed by atoms with E-state index in [9.17, 15) is 14.3 Å². The molecule has 4 nitrogen and oxygen atoms in total. The number of rotatable bonds is 4. The van der Waals surface area contributed by atoms with Gasteiger partial charge in [0.05, 0.1) is 22.9 Å². The van der Waals surface area contributed by atoms with Crippen molar-refractivity contribution in [2.24, 2.45) is 0 Å². The first-order chi connectivity index (χ1) is 12.6. The summed E-state index contributed by atoms with van der Waals surface area (Å²) in [6.45, 7) is 2.49. The van der Waals surface area contributed by atoms with Crippen molar-refractivity contribution in [2.45, 2.75) is 19.9 Å². The summed E-state index contributed by atoms with van der Waals surface area (Å²) in [5.74, 6) is -1.55. The molecule has 4 aromatic rings. The van der Waals surface area contributed by atoms with E-state index in [4.69, 9.17) is 0 Å². The Morgan fingerprint density at radius 2 is 1.81 bits per heavy atom. The molecule has 130 valence electrons. The molecule has 0 fully saturated rings. The number of hydrogen-bond acceptors (Lipinski definition) is 3. The topological polar surface area (TPSA) is 57.9 Å². The van der Waals surface area contributed by atoms with Crippen molar-refractivity contribution in [1.29, 1.82) is 0 Å². The molecule has 6 heteroatoms. The number of aromatic nitrogens is 2. The van der Waals surface area contributed by atoms with Crippen LogP contribution >= 0.6 is 0 Å². The maximum absolute atomic E-state index is 13.2. The van der Waals surface area contributed by atoms with E-state index in [-0.39, 0.29) is 41.1 Å². The zero-order valence-electron chi connectivity index (χ0n) is 15.2. The number of fused-ring (bicyclic) bond motifs is 3. The van der Waals surface area contributed by atoms with Gasteiger partial charge >= 0.3 is 29.6 Å². The van der Waals surface area contributed by atoms with Crippen molar-refractivity contribution in [1.82, 2.24) is 9.55 Å². The molecule has 0 saturated heterocycles. The fourth-order valence-electron chi connectivity index (χ4n) is 3.44. The minimum absolute atomic E-state index is 0. The number of para-hydroxylation sites is 1. The third-order valence-corrected chi connectivity index (χ3v) is 4.62. The Kier molecular flexibility index (Phi) is 5.65. The van der Waals surface area contributed by atoms with Gasteiger partial charge in [-0.05, 0) is 36.2 Å². The number of aryl methyl sites for hydroxylation is 1. The van der Waals surface area contributed by atoms with Crippen molar-refractivity contribution in [2.75, 3.05) is 0 Å². The first kappa shape index (κ1) is 19.5. The molecule has 0 aliphatic carbocycles. The van der Waals surface area contributed by atoms with Gasteiger partial charge in [0.2, 0.25) is 0 Å². The number of carbonyl (C=O) groups excluding carboxylic acids is 1. The van der Waals surface area contributed by atoms with E-state index >= 15 is 0 Å². The molecule has 2 heterocycles. The number of hydrogen-bond donors (Lipinski definition) is 0. The van der Waals surface area contributed by atoms with E-state index in [1.165, 1.54) is 12.1 Å². The second kappa shape index (κ2) is 7.80. The van der Waals surface area contributed by atoms with Crippen molar-refractivity contribution in [3.8, 4) is 0 Å². The molecular weight excluding hydrogens is 354 g/mol. The van der Waals surface area contributed by atoms with Crippen molar-refractivity contribution in [3.63, 3.8) is 0 Å². The Bertz CT molecular complexity index is 1140. The number of aromatic carboxylic acids is 1. The largest absolute Gasteiger partial charge is 1.00 e. The van der Waals surface area contributed by atoms with Crippen LogP contribution in [0.3, 0.4) is 0 Å². The number of halogens is 1. The van der Waals surface area contributed by atoms with Crippen LogP contribution < -0.4 is 34.7 Å². The molecule has 2 aromatic heterocycles. The molecule has 0 spiro atoms. The Balaban J connectivity index is 0.00000210. The number of carbonyl (C=O) groups is 1. The van der Waals surface area contributed by atoms with Crippen LogP contribution in [-0.4, -0.2) is 15.5 Å². The van der Waals surface area contributed by atoms with Gasteiger partial charge in [0.1, 0.15) is 5.82 Å². The van der Waals surface area contributed by atoms with Crippen molar-refractivity contribution >= 4 is 27.8 Å². The van der Waals surface area contributed by atoms with E-state index in [1.807, 2.05) is 31.2 Å². The Labute approximate surface area is 177 Å². The first-order valence-corrected chi connectivity index (χ1v) is 8.45. The molecule has 0 aliphatic rings. The van der Waals surface area contributed by atoms with Crippen LogP contribution in [0.5, 0.6) is 0 Å². The smallest absolute Gasteiger partial charge is 0.543 e. The van der Waals surface area contributed by atoms with Gasteiger partial charge in [-0.3, -0.25) is 0 Å². The van der Waals surface area contributed by atoms with Crippen LogP contribution in [0.4, 0.5) is 4.39 Å². The van der Waals surface area contributed by atoms with Crippen LogP contribution in [0, 0.1) is 5.82 Å². The third kappa shape index (κ3) is 3.50. The molecule has 0 unspecified atom stereocenters. The quantitative estimate of drug-likeness (QED) is 0.486.